The summed E-state index contributed by atoms with van der Waals surface area (Å²) >= 11 is -3.35. The molecule has 0 rings (SSSR count). The van der Waals surface area contributed by atoms with Crippen molar-refractivity contribution in [2.75, 3.05) is 52.4 Å². The maximum atomic E-state index is 3.04. The van der Waals surface area contributed by atoms with Gasteiger partial charge in [-0.15, -0.1) is 0 Å². The molecule has 0 aliphatic rings. The van der Waals surface area contributed by atoms with Crippen molar-refractivity contribution < 1.29 is 21.1 Å². The van der Waals surface area contributed by atoms with Gasteiger partial charge in [-0.3, -0.25) is 0 Å². The predicted molar refractivity (Wildman–Crippen MR) is 129 cm³/mol. The number of nitrogens with zero attached hydrogens (tertiary/aromatic N) is 4. The summed E-state index contributed by atoms with van der Waals surface area (Å²) in [5.74, 6) is 0. The van der Waals surface area contributed by atoms with Gasteiger partial charge in [-0.2, -0.15) is 0 Å². The van der Waals surface area contributed by atoms with E-state index in [0.717, 1.165) is 0 Å². The molecule has 5 heteroatoms. The number of unbranched alkanes of at least 4 members (excludes halogenated alkanes) is 4. The molecule has 176 valence electrons. The second-order valence-electron chi connectivity index (χ2n) is 8.33. The van der Waals surface area contributed by atoms with E-state index in [9.17, 15) is 0 Å². The summed E-state index contributed by atoms with van der Waals surface area (Å²) in [5, 5.41) is 0. The normalized spacial score (nSPS) is 12.8. The molecule has 0 bridgehead atoms. The van der Waals surface area contributed by atoms with Crippen LogP contribution in [0.5, 0.6) is 0 Å². The van der Waals surface area contributed by atoms with Crippen molar-refractivity contribution in [2.45, 2.75) is 107 Å². The Labute approximate surface area is 191 Å². The molecule has 0 amide bonds. The Hall–Kier alpha value is 0.710. The zero-order valence-corrected chi connectivity index (χ0v) is 25.2. The van der Waals surface area contributed by atoms with E-state index in [0.29, 0.717) is 0 Å². The molecule has 0 aliphatic heterocycles. The Bertz CT molecular complexity index is 297. The van der Waals surface area contributed by atoms with E-state index in [-0.39, 0.29) is 0 Å². The van der Waals surface area contributed by atoms with E-state index >= 15 is 0 Å². The fourth-order valence-electron chi connectivity index (χ4n) is 4.68. The van der Waals surface area contributed by atoms with Crippen LogP contribution in [0.15, 0.2) is 0 Å². The Morgan fingerprint density at radius 1 is 0.379 bits per heavy atom. The molecule has 0 aromatic carbocycles. The first-order chi connectivity index (χ1) is 14.1. The topological polar surface area (TPSA) is 13.0 Å². The van der Waals surface area contributed by atoms with Crippen LogP contribution in [0, 0.1) is 0 Å². The molecule has 0 N–H and O–H groups in total. The number of hydrogen-bond donors (Lipinski definition) is 0. The first-order valence-electron chi connectivity index (χ1n) is 13.1. The molecule has 0 fully saturated rings. The fraction of sp³-hybridized carbons (Fsp3) is 1.00. The van der Waals surface area contributed by atoms with Gasteiger partial charge in [0.05, 0.1) is 0 Å². The molecule has 0 unspecified atom stereocenters. The standard InChI is InChI=1S/4C6H14N.Hf/c4*1-3-5-6-7-4-2;/h4*3-6H2,1-2H3;/q4*-1;+4. The van der Waals surface area contributed by atoms with Crippen LogP contribution < -0.4 is 0 Å². The molecular weight excluding hydrogens is 523 g/mol. The summed E-state index contributed by atoms with van der Waals surface area (Å²) in [6.07, 6.45) is 10.5. The van der Waals surface area contributed by atoms with E-state index in [1.54, 1.807) is 0 Å². The van der Waals surface area contributed by atoms with Crippen molar-refractivity contribution in [3.05, 3.63) is 0 Å². The third-order valence-electron chi connectivity index (χ3n) is 6.35. The van der Waals surface area contributed by atoms with Crippen LogP contribution in [0.4, 0.5) is 0 Å². The van der Waals surface area contributed by atoms with E-state index in [2.05, 4.69) is 66.9 Å². The second-order valence-corrected chi connectivity index (χ2v) is 21.7. The summed E-state index contributed by atoms with van der Waals surface area (Å²) in [7, 11) is 0. The third-order valence-corrected chi connectivity index (χ3v) is 26.3. The summed E-state index contributed by atoms with van der Waals surface area (Å²) < 4.78 is 12.1. The Morgan fingerprint density at radius 2 is 0.586 bits per heavy atom. The molecule has 0 saturated heterocycles. The number of rotatable bonds is 20. The van der Waals surface area contributed by atoms with Gasteiger partial charge in [0.2, 0.25) is 0 Å². The summed E-state index contributed by atoms with van der Waals surface area (Å²) in [6, 6.07) is 0. The molecule has 0 spiro atoms. The molecule has 0 atom stereocenters. The zero-order valence-electron chi connectivity index (χ0n) is 21.6. The van der Waals surface area contributed by atoms with Crippen LogP contribution in [-0.4, -0.2) is 63.9 Å². The van der Waals surface area contributed by atoms with Gasteiger partial charge < -0.3 is 0 Å². The molecule has 4 nitrogen and oxygen atoms in total. The SMILES string of the molecule is CCCC[N](CC)[Hf]([N](CC)CCCC)([N](CC)CCCC)[N](CC)CCCC. The third kappa shape index (κ3) is 8.63. The van der Waals surface area contributed by atoms with E-state index in [4.69, 9.17) is 0 Å². The van der Waals surface area contributed by atoms with Crippen molar-refractivity contribution >= 4 is 0 Å². The van der Waals surface area contributed by atoms with Gasteiger partial charge in [-0.25, -0.2) is 0 Å². The van der Waals surface area contributed by atoms with Crippen molar-refractivity contribution in [1.82, 2.24) is 11.6 Å². The Balaban J connectivity index is 6.50. The van der Waals surface area contributed by atoms with Crippen molar-refractivity contribution in [3.63, 3.8) is 0 Å². The molecule has 0 heterocycles. The monoisotopic (exact) mass is 580 g/mol. The number of hydrogen-bond acceptors (Lipinski definition) is 4. The van der Waals surface area contributed by atoms with Crippen molar-refractivity contribution in [1.29, 1.82) is 0 Å². The van der Waals surface area contributed by atoms with Crippen LogP contribution in [0.3, 0.4) is 0 Å². The molecule has 0 radical (unpaired) electrons. The predicted octanol–water partition coefficient (Wildman–Crippen LogP) is 6.29. The minimum atomic E-state index is -3.35. The molecule has 0 saturated carbocycles. The Morgan fingerprint density at radius 3 is 0.724 bits per heavy atom. The second kappa shape index (κ2) is 18.3. The quantitative estimate of drug-likeness (QED) is 0.157. The van der Waals surface area contributed by atoms with Gasteiger partial charge >= 0.3 is 192 Å². The molecular formula is C24H56HfN4. The van der Waals surface area contributed by atoms with Gasteiger partial charge in [-0.05, 0) is 0 Å². The first-order valence-corrected chi connectivity index (χ1v) is 19.5. The van der Waals surface area contributed by atoms with Crippen LogP contribution >= 0.6 is 0 Å². The summed E-state index contributed by atoms with van der Waals surface area (Å²) in [6.45, 7) is 29.1. The summed E-state index contributed by atoms with van der Waals surface area (Å²) in [4.78, 5) is 0. The van der Waals surface area contributed by atoms with Gasteiger partial charge in [0, 0.05) is 0 Å². The van der Waals surface area contributed by atoms with E-state index in [1.165, 1.54) is 104 Å². The van der Waals surface area contributed by atoms with Gasteiger partial charge in [0.1, 0.15) is 0 Å². The van der Waals surface area contributed by atoms with Crippen LogP contribution in [-0.2, 0) is 21.1 Å². The average molecular weight is 579 g/mol. The van der Waals surface area contributed by atoms with Crippen molar-refractivity contribution in [2.24, 2.45) is 0 Å². The van der Waals surface area contributed by atoms with Crippen LogP contribution in [0.1, 0.15) is 107 Å². The minimum absolute atomic E-state index is 1.20. The fourth-order valence-corrected chi connectivity index (χ4v) is 26.0. The molecule has 0 aliphatic carbocycles. The van der Waals surface area contributed by atoms with Crippen LogP contribution in [0.2, 0.25) is 0 Å². The molecule has 29 heavy (non-hydrogen) atoms. The van der Waals surface area contributed by atoms with E-state index < -0.39 is 21.1 Å². The molecule has 0 aromatic rings. The van der Waals surface area contributed by atoms with Gasteiger partial charge in [0.25, 0.3) is 0 Å². The maximum absolute atomic E-state index is 3.35. The van der Waals surface area contributed by atoms with Gasteiger partial charge in [-0.1, -0.05) is 0 Å². The first kappa shape index (κ1) is 29.7. The van der Waals surface area contributed by atoms with Gasteiger partial charge in [0.15, 0.2) is 0 Å². The zero-order chi connectivity index (χ0) is 22.1. The molecule has 0 aromatic heterocycles. The summed E-state index contributed by atoms with van der Waals surface area (Å²) in [5.41, 5.74) is 0. The van der Waals surface area contributed by atoms with E-state index in [1.807, 2.05) is 0 Å². The average Bonchev–Trinajstić information content (AvgIpc) is 2.75. The van der Waals surface area contributed by atoms with Crippen molar-refractivity contribution in [3.8, 4) is 0 Å². The Kier molecular flexibility index (Phi) is 18.7. The van der Waals surface area contributed by atoms with Crippen LogP contribution in [0.25, 0.3) is 0 Å².